The number of fused-ring (bicyclic) bond motifs is 9. The summed E-state index contributed by atoms with van der Waals surface area (Å²) in [6.45, 7) is 23.6. The molecule has 6 nitrogen and oxygen atoms in total. The summed E-state index contributed by atoms with van der Waals surface area (Å²) in [5.41, 5.74) is 20.6. The zero-order valence-electron chi connectivity index (χ0n) is 51.8. The van der Waals surface area contributed by atoms with Crippen LogP contribution in [0.3, 0.4) is 0 Å². The van der Waals surface area contributed by atoms with Crippen LogP contribution in [0.2, 0.25) is 0 Å². The lowest BCUT2D eigenvalue weighted by Crippen LogP contribution is -2.62. The minimum atomic E-state index is -0.152. The summed E-state index contributed by atoms with van der Waals surface area (Å²) in [5.74, 6) is 3.30. The second-order valence-electron chi connectivity index (χ2n) is 28.0. The van der Waals surface area contributed by atoms with Crippen molar-refractivity contribution in [2.45, 2.75) is 104 Å². The van der Waals surface area contributed by atoms with E-state index in [1.807, 2.05) is 22.7 Å². The van der Waals surface area contributed by atoms with E-state index in [1.54, 1.807) is 0 Å². The number of anilines is 12. The Bertz CT molecular complexity index is 4490. The summed E-state index contributed by atoms with van der Waals surface area (Å²) in [5, 5.41) is 0. The fraction of sp³-hybridized carbons (Fsp3) is 0.205. The maximum absolute atomic E-state index is 7.70. The maximum Gasteiger partial charge on any atom is 0.268 e. The first-order valence-electron chi connectivity index (χ1n) is 31.2. The molecule has 0 unspecified atom stereocenters. The van der Waals surface area contributed by atoms with E-state index in [9.17, 15) is 0 Å². The third kappa shape index (κ3) is 8.71. The highest BCUT2D eigenvalue weighted by molar-refractivity contribution is 7.30. The molecule has 1 aliphatic carbocycles. The van der Waals surface area contributed by atoms with Crippen LogP contribution in [0.1, 0.15) is 103 Å². The van der Waals surface area contributed by atoms with Gasteiger partial charge in [-0.3, -0.25) is 0 Å². The van der Waals surface area contributed by atoms with Gasteiger partial charge in [-0.2, -0.15) is 22.7 Å². The molecule has 11 aromatic rings. The van der Waals surface area contributed by atoms with Crippen LogP contribution in [-0.4, -0.2) is 13.4 Å². The molecular formula is C78H70B2N4O2S2. The van der Waals surface area contributed by atoms with Crippen molar-refractivity contribution in [1.29, 1.82) is 0 Å². The molecule has 0 atom stereocenters. The van der Waals surface area contributed by atoms with Gasteiger partial charge in [-0.05, 0) is 165 Å². The molecule has 0 radical (unpaired) electrons. The number of para-hydroxylation sites is 5. The van der Waals surface area contributed by atoms with Crippen molar-refractivity contribution in [2.75, 3.05) is 19.6 Å². The fourth-order valence-corrected chi connectivity index (χ4v) is 17.2. The predicted molar refractivity (Wildman–Crippen MR) is 376 cm³/mol. The molecule has 432 valence electrons. The Morgan fingerprint density at radius 1 is 0.375 bits per heavy atom. The van der Waals surface area contributed by atoms with Crippen LogP contribution < -0.4 is 60.5 Å². The predicted octanol–water partition coefficient (Wildman–Crippen LogP) is 18.5. The quantitative estimate of drug-likeness (QED) is 0.141. The Morgan fingerprint density at radius 2 is 0.761 bits per heavy atom. The second-order valence-corrected chi connectivity index (χ2v) is 30.2. The van der Waals surface area contributed by atoms with E-state index >= 15 is 0 Å². The van der Waals surface area contributed by atoms with Crippen LogP contribution in [-0.2, 0) is 21.7 Å². The molecule has 0 N–H and O–H groups in total. The van der Waals surface area contributed by atoms with Gasteiger partial charge in [0.2, 0.25) is 0 Å². The van der Waals surface area contributed by atoms with Crippen LogP contribution in [0.5, 0.6) is 23.0 Å². The molecule has 2 aromatic heterocycles. The number of thiophene rings is 2. The number of ether oxygens (including phenoxy) is 2. The van der Waals surface area contributed by atoms with Crippen LogP contribution >= 0.6 is 22.7 Å². The van der Waals surface area contributed by atoms with Crippen molar-refractivity contribution in [2.24, 2.45) is 0 Å². The van der Waals surface area contributed by atoms with Gasteiger partial charge >= 0.3 is 0 Å². The summed E-state index contributed by atoms with van der Waals surface area (Å²) in [7, 11) is 0. The van der Waals surface area contributed by atoms with Crippen LogP contribution in [0.4, 0.5) is 68.2 Å². The standard InChI is InChI=1S/C78H70B2N4O2S2/c1-75(2,3)69-46-63-73(87-69)79-59-45-60-66(48-65(59)85-67-43-55(41-61(71(67)79)83(63)53-34-24-15-25-35-53)81(49-26-16-11-17-27-49)50-28-18-12-19-29-50)86-68-44-56(82(51-30-20-13-21-31-51)52-32-22-14-23-33-52)42-62-72(68)80(60)74-64(47-70(88-74)76(4,5)6)84(62)54-36-37-57-58(40-54)78(9,10)39-38-77(57,7)8/h11-37,40-48H,38-39H2,1-10H3. The minimum Gasteiger partial charge on any atom is -0.458 e. The monoisotopic (exact) mass is 1180 g/mol. The second kappa shape index (κ2) is 19.9. The molecule has 16 rings (SSSR count). The first-order chi connectivity index (χ1) is 42.4. The lowest BCUT2D eigenvalue weighted by atomic mass is 9.33. The Labute approximate surface area is 527 Å². The molecule has 5 aliphatic rings. The third-order valence-electron chi connectivity index (χ3n) is 19.1. The fourth-order valence-electron chi connectivity index (χ4n) is 14.5. The lowest BCUT2D eigenvalue weighted by molar-refractivity contribution is 0.332. The van der Waals surface area contributed by atoms with Crippen LogP contribution in [0, 0.1) is 0 Å². The van der Waals surface area contributed by atoms with Gasteiger partial charge in [-0.15, -0.1) is 0 Å². The molecule has 0 saturated heterocycles. The number of benzene rings is 9. The summed E-state index contributed by atoms with van der Waals surface area (Å²) >= 11 is 3.91. The van der Waals surface area contributed by atoms with Gasteiger partial charge in [0.15, 0.2) is 0 Å². The highest BCUT2D eigenvalue weighted by Gasteiger charge is 2.50. The molecule has 10 heteroatoms. The number of nitrogens with zero attached hydrogens (tertiary/aromatic N) is 4. The van der Waals surface area contributed by atoms with E-state index in [1.165, 1.54) is 58.4 Å². The molecule has 88 heavy (non-hydrogen) atoms. The molecule has 0 spiro atoms. The van der Waals surface area contributed by atoms with Gasteiger partial charge in [0.05, 0.1) is 22.7 Å². The van der Waals surface area contributed by atoms with Crippen molar-refractivity contribution in [1.82, 2.24) is 0 Å². The van der Waals surface area contributed by atoms with Crippen molar-refractivity contribution in [3.05, 3.63) is 239 Å². The minimum absolute atomic E-state index is 0.00564. The van der Waals surface area contributed by atoms with Gasteiger partial charge in [0.25, 0.3) is 13.4 Å². The van der Waals surface area contributed by atoms with E-state index in [2.05, 4.69) is 307 Å². The zero-order chi connectivity index (χ0) is 60.2. The van der Waals surface area contributed by atoms with E-state index in [4.69, 9.17) is 9.47 Å². The van der Waals surface area contributed by atoms with Gasteiger partial charge in [0, 0.05) is 83.0 Å². The van der Waals surface area contributed by atoms with E-state index < -0.39 is 0 Å². The normalized spacial score (nSPS) is 15.3. The third-order valence-corrected chi connectivity index (χ3v) is 22.4. The zero-order valence-corrected chi connectivity index (χ0v) is 53.4. The Morgan fingerprint density at radius 3 is 1.17 bits per heavy atom. The summed E-state index contributed by atoms with van der Waals surface area (Å²) in [4.78, 5) is 12.5. The van der Waals surface area contributed by atoms with Crippen molar-refractivity contribution < 1.29 is 9.47 Å². The van der Waals surface area contributed by atoms with Gasteiger partial charge in [-0.1, -0.05) is 172 Å². The highest BCUT2D eigenvalue weighted by Crippen LogP contribution is 2.53. The summed E-state index contributed by atoms with van der Waals surface area (Å²) in [6, 6.07) is 80.5. The first kappa shape index (κ1) is 54.7. The van der Waals surface area contributed by atoms with Crippen molar-refractivity contribution in [3.8, 4) is 23.0 Å². The molecular weight excluding hydrogens is 1110 g/mol. The number of hydrogen-bond acceptors (Lipinski definition) is 8. The molecule has 0 fully saturated rings. The molecule has 0 saturated carbocycles. The largest absolute Gasteiger partial charge is 0.458 e. The molecule has 4 aliphatic heterocycles. The first-order valence-corrected chi connectivity index (χ1v) is 32.8. The molecule has 9 aromatic carbocycles. The van der Waals surface area contributed by atoms with Gasteiger partial charge in [-0.25, -0.2) is 0 Å². The van der Waals surface area contributed by atoms with E-state index in [0.717, 1.165) is 98.0 Å². The molecule has 0 bridgehead atoms. The Balaban J connectivity index is 0.959. The van der Waals surface area contributed by atoms with Crippen molar-refractivity contribution >= 4 is 136 Å². The summed E-state index contributed by atoms with van der Waals surface area (Å²) in [6.07, 6.45) is 2.29. The number of hydrogen-bond donors (Lipinski definition) is 0. The average molecular weight is 1180 g/mol. The van der Waals surface area contributed by atoms with Crippen LogP contribution in [0.25, 0.3) is 0 Å². The summed E-state index contributed by atoms with van der Waals surface area (Å²) < 4.78 is 18.0. The maximum atomic E-state index is 7.70. The molecule has 0 amide bonds. The topological polar surface area (TPSA) is 31.4 Å². The smallest absolute Gasteiger partial charge is 0.268 e. The van der Waals surface area contributed by atoms with Crippen molar-refractivity contribution in [3.63, 3.8) is 0 Å². The van der Waals surface area contributed by atoms with Crippen LogP contribution in [0.15, 0.2) is 218 Å². The van der Waals surface area contributed by atoms with E-state index in [-0.39, 0.29) is 35.1 Å². The highest BCUT2D eigenvalue weighted by atomic mass is 32.1. The Kier molecular flexibility index (Phi) is 12.4. The van der Waals surface area contributed by atoms with E-state index in [0.29, 0.717) is 0 Å². The SMILES string of the molecule is CC(C)(C)c1cc2c(s1)B1c3cc4c(cc3Oc3cc(N(c5ccccc5)c5ccccc5)cc(c31)N2c1ccccc1)Oc1cc(N(c2ccccc2)c2ccccc2)cc2c1B4c1sc(C(C)(C)C)cc1N2c1ccc2c(c1)C(C)(C)CCC2(C)C. The average Bonchev–Trinajstić information content (AvgIpc) is 1.20. The number of rotatable bonds is 8. The van der Waals surface area contributed by atoms with Gasteiger partial charge < -0.3 is 29.1 Å². The molecule has 6 heterocycles. The Hall–Kier alpha value is -8.69. The van der Waals surface area contributed by atoms with Gasteiger partial charge in [0.1, 0.15) is 23.0 Å². The lowest BCUT2D eigenvalue weighted by Gasteiger charge is -2.44.